The van der Waals surface area contributed by atoms with Crippen LogP contribution >= 0.6 is 11.7 Å². The fraction of sp³-hybridized carbons (Fsp3) is 0.154. The summed E-state index contributed by atoms with van der Waals surface area (Å²) >= 11 is 1.13. The minimum atomic E-state index is -1.10. The smallest absolute Gasteiger partial charge is 0.411 e. The summed E-state index contributed by atoms with van der Waals surface area (Å²) in [6, 6.07) is 16.1. The van der Waals surface area contributed by atoms with Crippen LogP contribution in [0.4, 0.5) is 10.5 Å². The molecule has 0 radical (unpaired) electrons. The highest BCUT2D eigenvalue weighted by Crippen LogP contribution is 2.40. The zero-order valence-corrected chi connectivity index (χ0v) is 21.0. The number of hydrogen-bond acceptors (Lipinski definition) is 8. The lowest BCUT2D eigenvalue weighted by atomic mass is 10.0. The molecule has 5 aromatic rings. The van der Waals surface area contributed by atoms with Crippen LogP contribution in [0.1, 0.15) is 16.1 Å². The van der Waals surface area contributed by atoms with Crippen molar-refractivity contribution in [2.24, 2.45) is 0 Å². The lowest BCUT2D eigenvalue weighted by Crippen LogP contribution is -2.11. The van der Waals surface area contributed by atoms with Gasteiger partial charge in [-0.05, 0) is 53.6 Å². The van der Waals surface area contributed by atoms with Gasteiger partial charge in [-0.25, -0.2) is 9.59 Å². The van der Waals surface area contributed by atoms with Crippen LogP contribution in [0.5, 0.6) is 11.5 Å². The highest BCUT2D eigenvalue weighted by molar-refractivity contribution is 7.00. The third-order valence-electron chi connectivity index (χ3n) is 6.03. The number of carbonyl (C=O) groups excluding carboxylic acids is 1. The highest BCUT2D eigenvalue weighted by atomic mass is 32.1. The van der Waals surface area contributed by atoms with E-state index in [2.05, 4.69) is 14.1 Å². The van der Waals surface area contributed by atoms with Crippen molar-refractivity contribution in [3.63, 3.8) is 0 Å². The highest BCUT2D eigenvalue weighted by Gasteiger charge is 2.25. The molecule has 0 bridgehead atoms. The van der Waals surface area contributed by atoms with Gasteiger partial charge in [0.25, 0.3) is 0 Å². The van der Waals surface area contributed by atoms with Crippen molar-refractivity contribution < 1.29 is 28.9 Å². The van der Waals surface area contributed by atoms with Crippen LogP contribution in [-0.2, 0) is 11.3 Å². The van der Waals surface area contributed by atoms with Gasteiger partial charge < -0.3 is 23.9 Å². The van der Waals surface area contributed by atoms with E-state index in [0.717, 1.165) is 28.3 Å². The Bertz CT molecular complexity index is 1660. The summed E-state index contributed by atoms with van der Waals surface area (Å²) in [5.74, 6) is -0.118. The van der Waals surface area contributed by atoms with Crippen LogP contribution in [0, 0.1) is 0 Å². The standard InChI is InChI=1S/C26H22N4O6S/c1-34-21-9-5-15(11-22(21)35-2)23-17-12-16(27-26(33)36-3)6-8-20(17)30(24(23)25(31)32)13-14-4-7-18-19(10-14)29-37-28-18/h4-12H,13H2,1-3H3,(H,27,33)(H,31,32). The van der Waals surface area contributed by atoms with Crippen molar-refractivity contribution in [3.8, 4) is 22.6 Å². The number of aromatic nitrogens is 3. The molecular weight excluding hydrogens is 496 g/mol. The molecule has 0 saturated heterocycles. The number of carbonyl (C=O) groups is 2. The van der Waals surface area contributed by atoms with Crippen LogP contribution in [0.3, 0.4) is 0 Å². The van der Waals surface area contributed by atoms with Crippen LogP contribution in [-0.4, -0.2) is 51.8 Å². The number of amides is 1. The van der Waals surface area contributed by atoms with Gasteiger partial charge in [-0.1, -0.05) is 12.1 Å². The summed E-state index contributed by atoms with van der Waals surface area (Å²) in [6.07, 6.45) is -0.630. The number of aromatic carboxylic acids is 1. The Morgan fingerprint density at radius 2 is 1.73 bits per heavy atom. The molecule has 2 heterocycles. The summed E-state index contributed by atoms with van der Waals surface area (Å²) in [5.41, 5.74) is 4.74. The molecule has 0 saturated carbocycles. The normalized spacial score (nSPS) is 11.0. The summed E-state index contributed by atoms with van der Waals surface area (Å²) in [5, 5.41) is 13.7. The molecule has 0 aliphatic rings. The molecule has 0 aliphatic carbocycles. The lowest BCUT2D eigenvalue weighted by Gasteiger charge is -2.11. The molecule has 0 atom stereocenters. The van der Waals surface area contributed by atoms with E-state index in [4.69, 9.17) is 14.2 Å². The number of anilines is 1. The molecule has 37 heavy (non-hydrogen) atoms. The minimum absolute atomic E-state index is 0.0916. The number of carboxylic acids is 1. The lowest BCUT2D eigenvalue weighted by molar-refractivity contribution is 0.0687. The van der Waals surface area contributed by atoms with Crippen molar-refractivity contribution >= 4 is 51.4 Å². The average Bonchev–Trinajstić information content (AvgIpc) is 3.50. The average molecular weight is 519 g/mol. The van der Waals surface area contributed by atoms with E-state index in [1.165, 1.54) is 21.3 Å². The summed E-state index contributed by atoms with van der Waals surface area (Å²) in [4.78, 5) is 24.6. The van der Waals surface area contributed by atoms with Crippen LogP contribution < -0.4 is 14.8 Å². The molecule has 3 aromatic carbocycles. The maximum Gasteiger partial charge on any atom is 0.411 e. The monoisotopic (exact) mass is 518 g/mol. The summed E-state index contributed by atoms with van der Waals surface area (Å²) < 4.78 is 25.8. The van der Waals surface area contributed by atoms with E-state index in [0.29, 0.717) is 39.2 Å². The van der Waals surface area contributed by atoms with E-state index in [9.17, 15) is 14.7 Å². The first-order valence-electron chi connectivity index (χ1n) is 11.1. The number of benzene rings is 3. The second-order valence-electron chi connectivity index (χ2n) is 8.12. The Morgan fingerprint density at radius 1 is 0.946 bits per heavy atom. The Kier molecular flexibility index (Phi) is 6.36. The first kappa shape index (κ1) is 24.1. The number of nitrogens with zero attached hydrogens (tertiary/aromatic N) is 3. The molecule has 0 spiro atoms. The summed E-state index contributed by atoms with van der Waals surface area (Å²) in [7, 11) is 4.33. The molecule has 0 fully saturated rings. The number of methoxy groups -OCH3 is 3. The Labute approximate surface area is 215 Å². The number of nitrogens with one attached hydrogen (secondary N) is 1. The van der Waals surface area contributed by atoms with Gasteiger partial charge in [0.15, 0.2) is 11.5 Å². The van der Waals surface area contributed by atoms with Crippen LogP contribution in [0.25, 0.3) is 33.1 Å². The zero-order chi connectivity index (χ0) is 26.1. The third kappa shape index (κ3) is 4.40. The fourth-order valence-electron chi connectivity index (χ4n) is 4.38. The predicted molar refractivity (Wildman–Crippen MR) is 140 cm³/mol. The molecule has 10 nitrogen and oxygen atoms in total. The Balaban J connectivity index is 1.76. The molecule has 188 valence electrons. The summed E-state index contributed by atoms with van der Waals surface area (Å²) in [6.45, 7) is 0.280. The topological polar surface area (TPSA) is 125 Å². The van der Waals surface area contributed by atoms with Crippen LogP contribution in [0.15, 0.2) is 54.6 Å². The van der Waals surface area contributed by atoms with Gasteiger partial charge in [0.1, 0.15) is 16.7 Å². The molecule has 5 rings (SSSR count). The number of fused-ring (bicyclic) bond motifs is 2. The van der Waals surface area contributed by atoms with Crippen molar-refractivity contribution in [2.75, 3.05) is 26.6 Å². The fourth-order valence-corrected chi connectivity index (χ4v) is 4.90. The maximum absolute atomic E-state index is 12.7. The second kappa shape index (κ2) is 9.78. The minimum Gasteiger partial charge on any atom is -0.493 e. The van der Waals surface area contributed by atoms with Gasteiger partial charge in [0, 0.05) is 28.7 Å². The van der Waals surface area contributed by atoms with E-state index in [-0.39, 0.29) is 12.2 Å². The third-order valence-corrected chi connectivity index (χ3v) is 6.59. The first-order chi connectivity index (χ1) is 17.9. The maximum atomic E-state index is 12.7. The Morgan fingerprint density at radius 3 is 2.46 bits per heavy atom. The number of hydrogen-bond donors (Lipinski definition) is 2. The molecule has 0 unspecified atom stereocenters. The number of carboxylic acid groups (broad SMARTS) is 1. The van der Waals surface area contributed by atoms with Crippen LogP contribution in [0.2, 0.25) is 0 Å². The molecule has 0 aliphatic heterocycles. The molecule has 11 heteroatoms. The van der Waals surface area contributed by atoms with Gasteiger partial charge in [-0.3, -0.25) is 5.32 Å². The van der Waals surface area contributed by atoms with E-state index in [1.807, 2.05) is 18.2 Å². The van der Waals surface area contributed by atoms with Gasteiger partial charge >= 0.3 is 12.1 Å². The van der Waals surface area contributed by atoms with Gasteiger partial charge in [-0.15, -0.1) is 0 Å². The van der Waals surface area contributed by atoms with Crippen molar-refractivity contribution in [2.45, 2.75) is 6.54 Å². The van der Waals surface area contributed by atoms with Gasteiger partial charge in [0.05, 0.1) is 33.1 Å². The van der Waals surface area contributed by atoms with Crippen molar-refractivity contribution in [3.05, 3.63) is 65.9 Å². The number of rotatable bonds is 7. The molecular formula is C26H22N4O6S. The predicted octanol–water partition coefficient (Wildman–Crippen LogP) is 5.26. The molecule has 1 amide bonds. The van der Waals surface area contributed by atoms with E-state index in [1.54, 1.807) is 41.0 Å². The van der Waals surface area contributed by atoms with Crippen molar-refractivity contribution in [1.29, 1.82) is 0 Å². The SMILES string of the molecule is COC(=O)Nc1ccc2c(c1)c(-c1ccc(OC)c(OC)c1)c(C(=O)O)n2Cc1ccc2nsnc2c1. The molecule has 2 N–H and O–H groups in total. The molecule has 2 aromatic heterocycles. The van der Waals surface area contributed by atoms with Gasteiger partial charge in [-0.2, -0.15) is 8.75 Å². The van der Waals surface area contributed by atoms with E-state index < -0.39 is 12.1 Å². The zero-order valence-electron chi connectivity index (χ0n) is 20.1. The first-order valence-corrected chi connectivity index (χ1v) is 11.8. The van der Waals surface area contributed by atoms with Crippen molar-refractivity contribution in [1.82, 2.24) is 13.3 Å². The Hall–Kier alpha value is -4.64. The van der Waals surface area contributed by atoms with E-state index >= 15 is 0 Å². The number of ether oxygens (including phenoxy) is 3. The second-order valence-corrected chi connectivity index (χ2v) is 8.65. The largest absolute Gasteiger partial charge is 0.493 e. The van der Waals surface area contributed by atoms with Gasteiger partial charge in [0.2, 0.25) is 0 Å². The quantitative estimate of drug-likeness (QED) is 0.299.